The summed E-state index contributed by atoms with van der Waals surface area (Å²) in [5.41, 5.74) is 2.32. The van der Waals surface area contributed by atoms with Crippen LogP contribution in [0.4, 0.5) is 5.69 Å². The lowest BCUT2D eigenvalue weighted by molar-refractivity contribution is -0.132. The van der Waals surface area contributed by atoms with Crippen molar-refractivity contribution in [2.45, 2.75) is 39.8 Å². The summed E-state index contributed by atoms with van der Waals surface area (Å²) in [5, 5.41) is 11.6. The molecule has 1 atom stereocenters. The molecular weight excluding hydrogens is 506 g/mol. The van der Waals surface area contributed by atoms with Gasteiger partial charge in [0.05, 0.1) is 34.9 Å². The van der Waals surface area contributed by atoms with Gasteiger partial charge in [-0.25, -0.2) is 4.79 Å². The fourth-order valence-corrected chi connectivity index (χ4v) is 4.59. The number of anilines is 1. The van der Waals surface area contributed by atoms with Crippen molar-refractivity contribution < 1.29 is 29.0 Å². The number of aliphatic hydroxyl groups excluding tert-OH is 1. The Balaban J connectivity index is 1.87. The van der Waals surface area contributed by atoms with Gasteiger partial charge in [0, 0.05) is 11.3 Å². The number of carbonyl (C=O) groups is 3. The third-order valence-electron chi connectivity index (χ3n) is 6.03. The highest BCUT2D eigenvalue weighted by atomic mass is 35.5. The molecule has 0 spiro atoms. The van der Waals surface area contributed by atoms with Crippen molar-refractivity contribution in [1.82, 2.24) is 0 Å². The fraction of sp³-hybridized carbons (Fsp3) is 0.233. The molecule has 38 heavy (non-hydrogen) atoms. The molecule has 7 nitrogen and oxygen atoms in total. The molecule has 1 unspecified atom stereocenters. The Morgan fingerprint density at radius 3 is 2.39 bits per heavy atom. The highest BCUT2D eigenvalue weighted by molar-refractivity contribution is 6.52. The monoisotopic (exact) mass is 533 g/mol. The number of carbonyl (C=O) groups excluding carboxylic acids is 3. The largest absolute Gasteiger partial charge is 0.507 e. The average Bonchev–Trinajstić information content (AvgIpc) is 3.15. The second kappa shape index (κ2) is 11.1. The zero-order chi connectivity index (χ0) is 27.6. The summed E-state index contributed by atoms with van der Waals surface area (Å²) < 4.78 is 10.8. The van der Waals surface area contributed by atoms with Crippen LogP contribution in [-0.4, -0.2) is 35.5 Å². The van der Waals surface area contributed by atoms with E-state index in [-0.39, 0.29) is 22.3 Å². The third-order valence-corrected chi connectivity index (χ3v) is 6.36. The number of hydrogen-bond acceptors (Lipinski definition) is 6. The average molecular weight is 534 g/mol. The van der Waals surface area contributed by atoms with Crippen LogP contribution in [0.15, 0.2) is 72.3 Å². The fourth-order valence-electron chi connectivity index (χ4n) is 4.38. The summed E-state index contributed by atoms with van der Waals surface area (Å²) in [6.07, 6.45) is -0.283. The van der Waals surface area contributed by atoms with E-state index in [4.69, 9.17) is 21.1 Å². The van der Waals surface area contributed by atoms with Crippen molar-refractivity contribution in [3.05, 3.63) is 99.6 Å². The van der Waals surface area contributed by atoms with Gasteiger partial charge in [-0.15, -0.1) is 0 Å². The van der Waals surface area contributed by atoms with Crippen LogP contribution in [0.25, 0.3) is 5.76 Å². The van der Waals surface area contributed by atoms with Crippen molar-refractivity contribution in [3.63, 3.8) is 0 Å². The molecule has 1 saturated heterocycles. The number of aliphatic hydroxyl groups is 1. The number of Topliss-reactive ketones (excluding diaryl/α,β-unsaturated/α-hetero) is 1. The first-order valence-corrected chi connectivity index (χ1v) is 12.6. The van der Waals surface area contributed by atoms with Crippen LogP contribution in [0.3, 0.4) is 0 Å². The van der Waals surface area contributed by atoms with Crippen molar-refractivity contribution in [1.29, 1.82) is 0 Å². The van der Waals surface area contributed by atoms with Gasteiger partial charge in [-0.05, 0) is 75.7 Å². The maximum Gasteiger partial charge on any atom is 0.338 e. The molecule has 4 rings (SSSR count). The number of esters is 1. The molecule has 0 saturated carbocycles. The van der Waals surface area contributed by atoms with Gasteiger partial charge in [-0.2, -0.15) is 0 Å². The Hall–Kier alpha value is -4.10. The Labute approximate surface area is 226 Å². The minimum absolute atomic E-state index is 0.0977. The van der Waals surface area contributed by atoms with Crippen LogP contribution in [0, 0.1) is 6.92 Å². The Morgan fingerprint density at radius 2 is 1.76 bits per heavy atom. The molecule has 0 bridgehead atoms. The summed E-state index contributed by atoms with van der Waals surface area (Å²) in [6.45, 7) is 7.63. The van der Waals surface area contributed by atoms with Crippen LogP contribution in [0.2, 0.25) is 5.02 Å². The highest BCUT2D eigenvalue weighted by Gasteiger charge is 2.47. The molecule has 0 aliphatic carbocycles. The number of halogens is 1. The van der Waals surface area contributed by atoms with E-state index < -0.39 is 29.5 Å². The molecule has 1 amide bonds. The first-order valence-electron chi connectivity index (χ1n) is 12.2. The van der Waals surface area contributed by atoms with Gasteiger partial charge in [-0.3, -0.25) is 14.5 Å². The van der Waals surface area contributed by atoms with Crippen molar-refractivity contribution >= 4 is 40.7 Å². The first kappa shape index (κ1) is 26.9. The third kappa shape index (κ3) is 5.29. The minimum atomic E-state index is -0.935. The Bertz CT molecular complexity index is 1430. The van der Waals surface area contributed by atoms with Gasteiger partial charge in [0.15, 0.2) is 0 Å². The minimum Gasteiger partial charge on any atom is -0.507 e. The van der Waals surface area contributed by atoms with Crippen LogP contribution in [0.5, 0.6) is 5.75 Å². The number of rotatable bonds is 7. The second-order valence-corrected chi connectivity index (χ2v) is 9.57. The molecule has 1 N–H and O–H groups in total. The van der Waals surface area contributed by atoms with E-state index in [2.05, 4.69) is 0 Å². The summed E-state index contributed by atoms with van der Waals surface area (Å²) in [5.74, 6) is -2.10. The summed E-state index contributed by atoms with van der Waals surface area (Å²) in [7, 11) is 0. The molecular formula is C30H28ClNO6. The molecule has 1 heterocycles. The van der Waals surface area contributed by atoms with Gasteiger partial charge >= 0.3 is 5.97 Å². The normalized spacial score (nSPS) is 16.7. The summed E-state index contributed by atoms with van der Waals surface area (Å²) in [6, 6.07) is 17.4. The van der Waals surface area contributed by atoms with Crippen LogP contribution in [-0.2, 0) is 14.3 Å². The topological polar surface area (TPSA) is 93.1 Å². The number of aryl methyl sites for hydroxylation is 1. The number of amides is 1. The number of ether oxygens (including phenoxy) is 2. The molecule has 8 heteroatoms. The molecule has 196 valence electrons. The Kier molecular flexibility index (Phi) is 7.88. The summed E-state index contributed by atoms with van der Waals surface area (Å²) >= 11 is 6.41. The van der Waals surface area contributed by atoms with Gasteiger partial charge in [0.1, 0.15) is 11.5 Å². The Morgan fingerprint density at radius 1 is 1.05 bits per heavy atom. The number of ketones is 1. The number of nitrogens with zero attached hydrogens (tertiary/aromatic N) is 1. The van der Waals surface area contributed by atoms with E-state index >= 15 is 0 Å². The number of hydrogen-bond donors (Lipinski definition) is 1. The first-order chi connectivity index (χ1) is 18.1. The molecule has 3 aromatic rings. The SMILES string of the molecule is CCOc1ccc(Cl)c(/C(O)=C2\C(=O)C(=O)N(c3ccc(C(=O)OC(C)C)cc3)C2c2cccc(C)c2)c1. The van der Waals surface area contributed by atoms with E-state index in [1.165, 1.54) is 23.1 Å². The molecule has 1 fully saturated rings. The van der Waals surface area contributed by atoms with Crippen molar-refractivity contribution in [2.24, 2.45) is 0 Å². The predicted octanol–water partition coefficient (Wildman–Crippen LogP) is 6.24. The van der Waals surface area contributed by atoms with Crippen molar-refractivity contribution in [2.75, 3.05) is 11.5 Å². The van der Waals surface area contributed by atoms with Gasteiger partial charge in [0.2, 0.25) is 0 Å². The lowest BCUT2D eigenvalue weighted by Gasteiger charge is -2.26. The highest BCUT2D eigenvalue weighted by Crippen LogP contribution is 2.43. The number of benzene rings is 3. The second-order valence-electron chi connectivity index (χ2n) is 9.16. The quantitative estimate of drug-likeness (QED) is 0.167. The standard InChI is InChI=1S/C30H28ClNO6/c1-5-37-22-13-14-24(31)23(16-22)27(33)25-26(20-8-6-7-18(4)15-20)32(29(35)28(25)34)21-11-9-19(10-12-21)30(36)38-17(2)3/h6-17,26,33H,5H2,1-4H3/b27-25+. The van der Waals surface area contributed by atoms with Crippen molar-refractivity contribution in [3.8, 4) is 5.75 Å². The van der Waals surface area contributed by atoms with E-state index in [1.807, 2.05) is 32.0 Å². The van der Waals surface area contributed by atoms with E-state index in [0.717, 1.165) is 5.56 Å². The molecule has 0 radical (unpaired) electrons. The molecule has 1 aliphatic heterocycles. The molecule has 3 aromatic carbocycles. The maximum absolute atomic E-state index is 13.4. The predicted molar refractivity (Wildman–Crippen MR) is 146 cm³/mol. The zero-order valence-corrected chi connectivity index (χ0v) is 22.3. The molecule has 0 aromatic heterocycles. The molecule has 1 aliphatic rings. The van der Waals surface area contributed by atoms with Gasteiger partial charge in [-0.1, -0.05) is 41.4 Å². The smallest absolute Gasteiger partial charge is 0.338 e. The lowest BCUT2D eigenvalue weighted by atomic mass is 9.94. The lowest BCUT2D eigenvalue weighted by Crippen LogP contribution is -2.29. The van der Waals surface area contributed by atoms with E-state index in [9.17, 15) is 19.5 Å². The van der Waals surface area contributed by atoms with Crippen LogP contribution < -0.4 is 9.64 Å². The van der Waals surface area contributed by atoms with Gasteiger partial charge < -0.3 is 14.6 Å². The van der Waals surface area contributed by atoms with E-state index in [0.29, 0.717) is 29.2 Å². The van der Waals surface area contributed by atoms with Crippen LogP contribution >= 0.6 is 11.6 Å². The maximum atomic E-state index is 13.4. The summed E-state index contributed by atoms with van der Waals surface area (Å²) in [4.78, 5) is 40.5. The van der Waals surface area contributed by atoms with Gasteiger partial charge in [0.25, 0.3) is 11.7 Å². The van der Waals surface area contributed by atoms with E-state index in [1.54, 1.807) is 44.2 Å². The zero-order valence-electron chi connectivity index (χ0n) is 21.5. The van der Waals surface area contributed by atoms with Crippen LogP contribution in [0.1, 0.15) is 53.9 Å².